The fourth-order valence-corrected chi connectivity index (χ4v) is 8.31. The van der Waals surface area contributed by atoms with Crippen LogP contribution in [0.25, 0.3) is 22.0 Å². The molecule has 11 heteroatoms. The van der Waals surface area contributed by atoms with Crippen LogP contribution in [0.4, 0.5) is 11.4 Å². The average molecular weight is 730 g/mol. The number of likely N-dealkylation sites (N-methyl/N-ethyl adjacent to an activating group) is 1. The molecule has 1 aliphatic heterocycles. The van der Waals surface area contributed by atoms with Crippen LogP contribution in [0.1, 0.15) is 64.1 Å². The number of aryl methyl sites for hydroxylation is 5. The highest BCUT2D eigenvalue weighted by atomic mass is 35.5. The molecule has 0 saturated heterocycles. The van der Waals surface area contributed by atoms with E-state index in [4.69, 9.17) is 38.8 Å². The minimum absolute atomic E-state index is 0.0773. The molecular formula is C40H46Cl2N6O3. The van der Waals surface area contributed by atoms with Crippen molar-refractivity contribution in [2.24, 2.45) is 19.8 Å². The molecule has 1 aliphatic rings. The first kappa shape index (κ1) is 36.3. The van der Waals surface area contributed by atoms with Crippen molar-refractivity contribution in [2.45, 2.75) is 65.5 Å². The normalized spacial score (nSPS) is 16.1. The van der Waals surface area contributed by atoms with Crippen molar-refractivity contribution in [3.8, 4) is 16.9 Å². The Morgan fingerprint density at radius 2 is 1.76 bits per heavy atom. The van der Waals surface area contributed by atoms with E-state index in [1.807, 2.05) is 81.5 Å². The molecule has 3 aromatic carbocycles. The van der Waals surface area contributed by atoms with Gasteiger partial charge in [-0.1, -0.05) is 29.3 Å². The molecule has 1 amide bonds. The zero-order valence-electron chi connectivity index (χ0n) is 30.6. The molecule has 2 aromatic heterocycles. The van der Waals surface area contributed by atoms with E-state index in [1.54, 1.807) is 6.07 Å². The molecule has 6 rings (SSSR count). The van der Waals surface area contributed by atoms with Gasteiger partial charge in [0.15, 0.2) is 0 Å². The molecule has 2 N–H and O–H groups in total. The Morgan fingerprint density at radius 3 is 2.39 bits per heavy atom. The molecule has 51 heavy (non-hydrogen) atoms. The lowest BCUT2D eigenvalue weighted by atomic mass is 9.89. The van der Waals surface area contributed by atoms with Crippen LogP contribution in [0.3, 0.4) is 0 Å². The molecule has 0 saturated carbocycles. The third-order valence-corrected chi connectivity index (χ3v) is 11.4. The van der Waals surface area contributed by atoms with Gasteiger partial charge in [-0.2, -0.15) is 5.10 Å². The number of fused-ring (bicyclic) bond motifs is 2. The van der Waals surface area contributed by atoms with Gasteiger partial charge in [-0.15, -0.1) is 0 Å². The van der Waals surface area contributed by atoms with Crippen LogP contribution < -0.4 is 20.3 Å². The number of benzene rings is 3. The van der Waals surface area contributed by atoms with E-state index in [-0.39, 0.29) is 12.0 Å². The molecule has 2 unspecified atom stereocenters. The highest BCUT2D eigenvalue weighted by molar-refractivity contribution is 6.34. The summed E-state index contributed by atoms with van der Waals surface area (Å²) in [5, 5.41) is 7.04. The number of primary amides is 1. The fourth-order valence-electron chi connectivity index (χ4n) is 7.96. The van der Waals surface area contributed by atoms with Gasteiger partial charge in [0.1, 0.15) is 12.0 Å². The first-order valence-corrected chi connectivity index (χ1v) is 18.0. The maximum Gasteiger partial charge on any atom is 0.248 e. The summed E-state index contributed by atoms with van der Waals surface area (Å²) >= 11 is 13.5. The molecule has 3 atom stereocenters. The maximum atomic E-state index is 13.3. The predicted octanol–water partition coefficient (Wildman–Crippen LogP) is 8.07. The second kappa shape index (κ2) is 14.3. The van der Waals surface area contributed by atoms with E-state index in [2.05, 4.69) is 35.9 Å². The SMILES string of the molecule is Cc1cc(OCCCC2c3ccc(Cl)c(-c4c(C)nn(C)c4C)c3N([C@H](C)CN(C)c3cn(C)c4ccc(C(N)=O)cc34)C2C=O)cc(C)c1Cl. The zero-order valence-corrected chi connectivity index (χ0v) is 32.1. The Morgan fingerprint density at radius 1 is 1.06 bits per heavy atom. The van der Waals surface area contributed by atoms with Crippen molar-refractivity contribution in [2.75, 3.05) is 30.0 Å². The van der Waals surface area contributed by atoms with Crippen LogP contribution in [0, 0.1) is 27.7 Å². The van der Waals surface area contributed by atoms with Crippen molar-refractivity contribution in [3.63, 3.8) is 0 Å². The Labute approximate surface area is 309 Å². The molecule has 0 radical (unpaired) electrons. The smallest absolute Gasteiger partial charge is 0.248 e. The van der Waals surface area contributed by atoms with Crippen molar-refractivity contribution >= 4 is 57.7 Å². The highest BCUT2D eigenvalue weighted by Gasteiger charge is 2.43. The van der Waals surface area contributed by atoms with Crippen LogP contribution in [-0.4, -0.2) is 58.8 Å². The van der Waals surface area contributed by atoms with Gasteiger partial charge in [-0.3, -0.25) is 9.48 Å². The predicted molar refractivity (Wildman–Crippen MR) is 208 cm³/mol. The third kappa shape index (κ3) is 6.58. The van der Waals surface area contributed by atoms with Crippen molar-refractivity contribution in [1.29, 1.82) is 0 Å². The number of aromatic nitrogens is 3. The van der Waals surface area contributed by atoms with Crippen molar-refractivity contribution < 1.29 is 14.3 Å². The van der Waals surface area contributed by atoms with E-state index >= 15 is 0 Å². The van der Waals surface area contributed by atoms with Gasteiger partial charge in [0.05, 0.1) is 34.7 Å². The fraction of sp³-hybridized carbons (Fsp3) is 0.375. The number of anilines is 2. The number of nitrogens with two attached hydrogens (primary N) is 1. The van der Waals surface area contributed by atoms with Gasteiger partial charge in [0.2, 0.25) is 5.91 Å². The second-order valence-corrected chi connectivity index (χ2v) is 14.8. The van der Waals surface area contributed by atoms with Crippen LogP contribution in [0.15, 0.2) is 48.7 Å². The number of carbonyl (C=O) groups is 2. The van der Waals surface area contributed by atoms with E-state index in [0.717, 1.165) is 91.4 Å². The van der Waals surface area contributed by atoms with E-state index < -0.39 is 11.9 Å². The van der Waals surface area contributed by atoms with E-state index in [1.165, 1.54) is 0 Å². The Kier molecular flexibility index (Phi) is 10.2. The number of amides is 1. The standard InChI is InChI=1S/C40H46Cl2N6O3/c1-22-16-28(17-23(2)38(22)42)51-15-9-10-29-30-12-13-32(41)37(36-25(4)44-47(8)26(36)5)39(30)48(35(29)21-49)24(3)19-45(6)34-20-46(7)33-14-11-27(40(43)50)18-31(33)34/h11-14,16-18,20-21,24,29,35H,9-10,15,19H2,1-8H3,(H2,43,50)/t24-,29?,35?/m1/s1. The summed E-state index contributed by atoms with van der Waals surface area (Å²) in [6, 6.07) is 13.0. The Bertz CT molecular complexity index is 2130. The number of halogens is 2. The van der Waals surface area contributed by atoms with Crippen LogP contribution in [0.5, 0.6) is 5.75 Å². The first-order chi connectivity index (χ1) is 24.2. The summed E-state index contributed by atoms with van der Waals surface area (Å²) in [5.74, 6) is 0.247. The topological polar surface area (TPSA) is 98.6 Å². The number of carbonyl (C=O) groups excluding carboxylic acids is 2. The van der Waals surface area contributed by atoms with E-state index in [0.29, 0.717) is 23.7 Å². The minimum atomic E-state index is -0.467. The summed E-state index contributed by atoms with van der Waals surface area (Å²) in [7, 11) is 5.97. The van der Waals surface area contributed by atoms with Gasteiger partial charge in [0, 0.05) is 84.2 Å². The molecule has 268 valence electrons. The van der Waals surface area contributed by atoms with Crippen molar-refractivity contribution in [1.82, 2.24) is 14.3 Å². The van der Waals surface area contributed by atoms with Gasteiger partial charge < -0.3 is 29.6 Å². The Balaban J connectivity index is 1.36. The van der Waals surface area contributed by atoms with Crippen molar-refractivity contribution in [3.05, 3.63) is 92.3 Å². The molecule has 0 bridgehead atoms. The minimum Gasteiger partial charge on any atom is -0.494 e. The third-order valence-electron chi connectivity index (χ3n) is 10.5. The van der Waals surface area contributed by atoms with E-state index in [9.17, 15) is 9.59 Å². The number of nitrogens with zero attached hydrogens (tertiary/aromatic N) is 5. The molecule has 0 aliphatic carbocycles. The lowest BCUT2D eigenvalue weighted by Gasteiger charge is -2.36. The molecule has 0 spiro atoms. The highest BCUT2D eigenvalue weighted by Crippen LogP contribution is 2.52. The monoisotopic (exact) mass is 728 g/mol. The summed E-state index contributed by atoms with van der Waals surface area (Å²) in [6.45, 7) is 11.3. The quantitative estimate of drug-likeness (QED) is 0.103. The van der Waals surface area contributed by atoms with Crippen LogP contribution >= 0.6 is 23.2 Å². The first-order valence-electron chi connectivity index (χ1n) is 17.3. The van der Waals surface area contributed by atoms with Gasteiger partial charge in [0.25, 0.3) is 0 Å². The van der Waals surface area contributed by atoms with Gasteiger partial charge in [-0.25, -0.2) is 0 Å². The molecule has 0 fully saturated rings. The molecule has 9 nitrogen and oxygen atoms in total. The number of rotatable bonds is 12. The van der Waals surface area contributed by atoms with Crippen LogP contribution in [0.2, 0.25) is 10.0 Å². The van der Waals surface area contributed by atoms with Crippen LogP contribution in [-0.2, 0) is 18.9 Å². The maximum absolute atomic E-state index is 13.3. The number of hydrogen-bond donors (Lipinski definition) is 1. The lowest BCUT2D eigenvalue weighted by Crippen LogP contribution is -2.47. The van der Waals surface area contributed by atoms with Gasteiger partial charge >= 0.3 is 0 Å². The largest absolute Gasteiger partial charge is 0.494 e. The number of hydrogen-bond acceptors (Lipinski definition) is 6. The average Bonchev–Trinajstić information content (AvgIpc) is 3.68. The second-order valence-electron chi connectivity index (χ2n) is 14.0. The molecule has 3 heterocycles. The summed E-state index contributed by atoms with van der Waals surface area (Å²) < 4.78 is 10.1. The number of ether oxygens (including phenoxy) is 1. The lowest BCUT2D eigenvalue weighted by molar-refractivity contribution is -0.109. The summed E-state index contributed by atoms with van der Waals surface area (Å²) in [4.78, 5) is 29.8. The molecule has 5 aromatic rings. The summed E-state index contributed by atoms with van der Waals surface area (Å²) in [6.07, 6.45) is 4.64. The Hall–Kier alpha value is -4.47. The summed E-state index contributed by atoms with van der Waals surface area (Å²) in [5.41, 5.74) is 15.9. The number of aldehydes is 1. The molecular weight excluding hydrogens is 683 g/mol. The van der Waals surface area contributed by atoms with Gasteiger partial charge in [-0.05, 0) is 101 Å². The zero-order chi connectivity index (χ0) is 36.9.